The van der Waals surface area contributed by atoms with Crippen LogP contribution < -0.4 is 5.32 Å². The molecule has 0 fully saturated rings. The number of H-pyrrole nitrogens is 1. The van der Waals surface area contributed by atoms with Crippen LogP contribution in [-0.2, 0) is 4.79 Å². The molecule has 0 aliphatic rings. The summed E-state index contributed by atoms with van der Waals surface area (Å²) in [6.45, 7) is 2.71. The van der Waals surface area contributed by atoms with Crippen molar-refractivity contribution in [2.45, 2.75) is 18.5 Å². The van der Waals surface area contributed by atoms with E-state index in [1.807, 2.05) is 25.1 Å². The third kappa shape index (κ3) is 3.98. The summed E-state index contributed by atoms with van der Waals surface area (Å²) in [5, 5.41) is 10.9. The van der Waals surface area contributed by atoms with Crippen molar-refractivity contribution in [1.82, 2.24) is 20.5 Å². The molecule has 0 unspecified atom stereocenters. The number of halogens is 1. The van der Waals surface area contributed by atoms with E-state index in [9.17, 15) is 4.79 Å². The van der Waals surface area contributed by atoms with E-state index in [4.69, 9.17) is 11.6 Å². The van der Waals surface area contributed by atoms with Gasteiger partial charge in [0.15, 0.2) is 5.82 Å². The van der Waals surface area contributed by atoms with Crippen LogP contribution in [0.4, 0.5) is 0 Å². The zero-order chi connectivity index (χ0) is 14.4. The molecule has 1 aromatic carbocycles. The maximum atomic E-state index is 11.5. The maximum Gasteiger partial charge on any atom is 0.230 e. The summed E-state index contributed by atoms with van der Waals surface area (Å²) < 4.78 is 0. The molecule has 0 spiro atoms. The predicted molar refractivity (Wildman–Crippen MR) is 80.9 cm³/mol. The number of carbonyl (C=O) groups is 1. The highest BCUT2D eigenvalue weighted by atomic mass is 35.5. The quantitative estimate of drug-likeness (QED) is 0.805. The first kappa shape index (κ1) is 14.9. The zero-order valence-corrected chi connectivity index (χ0v) is 12.6. The number of nitrogens with one attached hydrogen (secondary N) is 2. The van der Waals surface area contributed by atoms with E-state index in [0.717, 1.165) is 12.0 Å². The number of aromatic nitrogens is 3. The van der Waals surface area contributed by atoms with E-state index in [2.05, 4.69) is 20.5 Å². The molecular formula is C13H15ClN4OS. The van der Waals surface area contributed by atoms with Crippen LogP contribution in [0.5, 0.6) is 0 Å². The zero-order valence-electron chi connectivity index (χ0n) is 11.0. The SMILES string of the molecule is CCCNC(=O)CSc1n[nH]c(-c2ccccc2Cl)n1. The number of nitrogens with zero attached hydrogens (tertiary/aromatic N) is 2. The highest BCUT2D eigenvalue weighted by molar-refractivity contribution is 7.99. The van der Waals surface area contributed by atoms with Crippen molar-refractivity contribution in [3.05, 3.63) is 29.3 Å². The maximum absolute atomic E-state index is 11.5. The van der Waals surface area contributed by atoms with Crippen LogP contribution in [0.25, 0.3) is 11.4 Å². The Morgan fingerprint density at radius 2 is 2.25 bits per heavy atom. The average Bonchev–Trinajstić information content (AvgIpc) is 2.92. The van der Waals surface area contributed by atoms with Gasteiger partial charge in [0.2, 0.25) is 11.1 Å². The number of amides is 1. The van der Waals surface area contributed by atoms with Gasteiger partial charge in [0.25, 0.3) is 0 Å². The van der Waals surface area contributed by atoms with E-state index in [1.54, 1.807) is 6.07 Å². The highest BCUT2D eigenvalue weighted by Crippen LogP contribution is 2.25. The molecule has 0 aliphatic heterocycles. The number of rotatable bonds is 6. The molecular weight excluding hydrogens is 296 g/mol. The van der Waals surface area contributed by atoms with Gasteiger partial charge in [-0.3, -0.25) is 9.89 Å². The predicted octanol–water partition coefficient (Wildman–Crippen LogP) is 2.74. The van der Waals surface area contributed by atoms with Crippen molar-refractivity contribution < 1.29 is 4.79 Å². The fourth-order valence-corrected chi connectivity index (χ4v) is 2.38. The topological polar surface area (TPSA) is 70.7 Å². The lowest BCUT2D eigenvalue weighted by Crippen LogP contribution is -2.25. The molecule has 0 saturated carbocycles. The van der Waals surface area contributed by atoms with Gasteiger partial charge >= 0.3 is 0 Å². The lowest BCUT2D eigenvalue weighted by Gasteiger charge is -2.00. The standard InChI is InChI=1S/C13H15ClN4OS/c1-2-7-15-11(19)8-20-13-16-12(17-18-13)9-5-3-4-6-10(9)14/h3-6H,2,7-8H2,1H3,(H,15,19)(H,16,17,18). The normalized spacial score (nSPS) is 10.5. The summed E-state index contributed by atoms with van der Waals surface area (Å²) in [6, 6.07) is 7.40. The third-order valence-corrected chi connectivity index (χ3v) is 3.68. The van der Waals surface area contributed by atoms with Gasteiger partial charge in [-0.2, -0.15) is 0 Å². The Bertz CT molecular complexity index is 587. The summed E-state index contributed by atoms with van der Waals surface area (Å²) in [7, 11) is 0. The minimum atomic E-state index is -0.0130. The summed E-state index contributed by atoms with van der Waals surface area (Å²) >= 11 is 7.39. The Morgan fingerprint density at radius 1 is 1.45 bits per heavy atom. The summed E-state index contributed by atoms with van der Waals surface area (Å²) in [5.41, 5.74) is 0.795. The van der Waals surface area contributed by atoms with Crippen molar-refractivity contribution >= 4 is 29.3 Å². The van der Waals surface area contributed by atoms with Gasteiger partial charge in [-0.15, -0.1) is 5.10 Å². The monoisotopic (exact) mass is 310 g/mol. The smallest absolute Gasteiger partial charge is 0.230 e. The number of hydrogen-bond acceptors (Lipinski definition) is 4. The van der Waals surface area contributed by atoms with E-state index in [-0.39, 0.29) is 5.91 Å². The minimum absolute atomic E-state index is 0.0130. The van der Waals surface area contributed by atoms with Gasteiger partial charge in [-0.25, -0.2) is 4.98 Å². The van der Waals surface area contributed by atoms with Crippen LogP contribution in [0, 0.1) is 0 Å². The van der Waals surface area contributed by atoms with Crippen LogP contribution in [0.1, 0.15) is 13.3 Å². The van der Waals surface area contributed by atoms with Gasteiger partial charge in [0, 0.05) is 12.1 Å². The first-order valence-electron chi connectivity index (χ1n) is 6.27. The van der Waals surface area contributed by atoms with E-state index in [0.29, 0.717) is 28.3 Å². The number of carbonyl (C=O) groups excluding carboxylic acids is 1. The van der Waals surface area contributed by atoms with E-state index >= 15 is 0 Å². The number of thioether (sulfide) groups is 1. The molecule has 0 saturated heterocycles. The van der Waals surface area contributed by atoms with Crippen molar-refractivity contribution in [2.75, 3.05) is 12.3 Å². The Balaban J connectivity index is 1.96. The highest BCUT2D eigenvalue weighted by Gasteiger charge is 2.10. The average molecular weight is 311 g/mol. The number of aromatic amines is 1. The van der Waals surface area contributed by atoms with Crippen molar-refractivity contribution in [3.8, 4) is 11.4 Å². The third-order valence-electron chi connectivity index (χ3n) is 2.50. The number of benzene rings is 1. The molecule has 7 heteroatoms. The molecule has 0 bridgehead atoms. The lowest BCUT2D eigenvalue weighted by atomic mass is 10.2. The number of hydrogen-bond donors (Lipinski definition) is 2. The van der Waals surface area contributed by atoms with Gasteiger partial charge in [0.05, 0.1) is 10.8 Å². The first-order chi connectivity index (χ1) is 9.70. The fraction of sp³-hybridized carbons (Fsp3) is 0.308. The molecule has 2 N–H and O–H groups in total. The molecule has 2 rings (SSSR count). The molecule has 20 heavy (non-hydrogen) atoms. The fourth-order valence-electron chi connectivity index (χ4n) is 1.53. The Morgan fingerprint density at radius 3 is 3.00 bits per heavy atom. The second-order valence-electron chi connectivity index (χ2n) is 4.09. The molecule has 0 atom stereocenters. The van der Waals surface area contributed by atoms with Crippen molar-refractivity contribution in [1.29, 1.82) is 0 Å². The largest absolute Gasteiger partial charge is 0.355 e. The van der Waals surface area contributed by atoms with Crippen molar-refractivity contribution in [3.63, 3.8) is 0 Å². The second-order valence-corrected chi connectivity index (χ2v) is 5.43. The van der Waals surface area contributed by atoms with Gasteiger partial charge in [-0.1, -0.05) is 42.4 Å². The van der Waals surface area contributed by atoms with Crippen LogP contribution in [-0.4, -0.2) is 33.4 Å². The van der Waals surface area contributed by atoms with Crippen LogP contribution in [0.3, 0.4) is 0 Å². The summed E-state index contributed by atoms with van der Waals surface area (Å²) in [5.74, 6) is 0.896. The Hall–Kier alpha value is -1.53. The van der Waals surface area contributed by atoms with Gasteiger partial charge < -0.3 is 5.32 Å². The molecule has 2 aromatic rings. The van der Waals surface area contributed by atoms with E-state index in [1.165, 1.54) is 11.8 Å². The molecule has 0 aliphatic carbocycles. The molecule has 106 valence electrons. The van der Waals surface area contributed by atoms with Crippen LogP contribution in [0.15, 0.2) is 29.4 Å². The van der Waals surface area contributed by atoms with Crippen molar-refractivity contribution in [2.24, 2.45) is 0 Å². The molecule has 1 heterocycles. The lowest BCUT2D eigenvalue weighted by molar-refractivity contribution is -0.118. The molecule has 0 radical (unpaired) electrons. The minimum Gasteiger partial charge on any atom is -0.355 e. The van der Waals surface area contributed by atoms with Gasteiger partial charge in [-0.05, 0) is 18.6 Å². The molecule has 5 nitrogen and oxygen atoms in total. The molecule has 1 aromatic heterocycles. The molecule has 1 amide bonds. The Labute approximate surface area is 126 Å². The van der Waals surface area contributed by atoms with Crippen LogP contribution in [0.2, 0.25) is 5.02 Å². The Kier molecular flexibility index (Phi) is 5.43. The van der Waals surface area contributed by atoms with E-state index < -0.39 is 0 Å². The van der Waals surface area contributed by atoms with Gasteiger partial charge in [0.1, 0.15) is 0 Å². The second kappa shape index (κ2) is 7.31. The van der Waals surface area contributed by atoms with Crippen LogP contribution >= 0.6 is 23.4 Å². The summed E-state index contributed by atoms with van der Waals surface area (Å²) in [4.78, 5) is 15.8. The first-order valence-corrected chi connectivity index (χ1v) is 7.64. The summed E-state index contributed by atoms with van der Waals surface area (Å²) in [6.07, 6.45) is 0.924.